The lowest BCUT2D eigenvalue weighted by atomic mass is 10.0. The lowest BCUT2D eigenvalue weighted by Gasteiger charge is -2.11. The second kappa shape index (κ2) is 4.51. The first-order chi connectivity index (χ1) is 10.2. The van der Waals surface area contributed by atoms with E-state index in [0.717, 1.165) is 5.56 Å². The van der Waals surface area contributed by atoms with Crippen LogP contribution in [0.4, 0.5) is 4.39 Å². The lowest BCUT2D eigenvalue weighted by molar-refractivity contribution is 0.329. The molecular weight excluding hydrogens is 269 g/mol. The van der Waals surface area contributed by atoms with Crippen molar-refractivity contribution in [3.05, 3.63) is 54.1 Å². The number of fused-ring (bicyclic) bond motifs is 1. The highest BCUT2D eigenvalue weighted by Gasteiger charge is 2.35. The molecule has 0 spiro atoms. The summed E-state index contributed by atoms with van der Waals surface area (Å²) in [5.74, 6) is 1.51. The van der Waals surface area contributed by atoms with E-state index in [-0.39, 0.29) is 6.04 Å². The lowest BCUT2D eigenvalue weighted by Crippen LogP contribution is -2.07. The normalized spacial score (nSPS) is 20.7. The summed E-state index contributed by atoms with van der Waals surface area (Å²) in [7, 11) is 1.87. The Morgan fingerprint density at radius 1 is 1.24 bits per heavy atom. The van der Waals surface area contributed by atoms with Crippen molar-refractivity contribution in [3.8, 4) is 11.6 Å². The minimum absolute atomic E-state index is 0.0993. The SMILES string of the molecule is Cn1ccnc1-c1nc2n(n1)[C@H](c1ccccc1)C[C@@H]2F. The molecule has 1 aliphatic heterocycles. The number of hydrogen-bond acceptors (Lipinski definition) is 3. The molecule has 106 valence electrons. The van der Waals surface area contributed by atoms with E-state index in [1.165, 1.54) is 0 Å². The Kier molecular flexibility index (Phi) is 2.63. The number of aromatic nitrogens is 5. The fourth-order valence-corrected chi connectivity index (χ4v) is 2.81. The topological polar surface area (TPSA) is 48.5 Å². The van der Waals surface area contributed by atoms with Crippen LogP contribution < -0.4 is 0 Å². The van der Waals surface area contributed by atoms with Gasteiger partial charge in [-0.05, 0) is 5.56 Å². The van der Waals surface area contributed by atoms with Crippen LogP contribution in [0.2, 0.25) is 0 Å². The van der Waals surface area contributed by atoms with Gasteiger partial charge in [0.2, 0.25) is 5.82 Å². The third-order valence-corrected chi connectivity index (χ3v) is 3.87. The van der Waals surface area contributed by atoms with Gasteiger partial charge in [-0.1, -0.05) is 30.3 Å². The quantitative estimate of drug-likeness (QED) is 0.726. The highest BCUT2D eigenvalue weighted by molar-refractivity contribution is 5.44. The van der Waals surface area contributed by atoms with Crippen LogP contribution in [-0.4, -0.2) is 24.3 Å². The molecule has 0 saturated carbocycles. The molecule has 0 amide bonds. The van der Waals surface area contributed by atoms with Crippen molar-refractivity contribution in [3.63, 3.8) is 0 Å². The molecular formula is C15H14FN5. The molecule has 3 aromatic rings. The predicted molar refractivity (Wildman–Crippen MR) is 75.3 cm³/mol. The number of imidazole rings is 1. The van der Waals surface area contributed by atoms with Gasteiger partial charge in [0, 0.05) is 25.9 Å². The largest absolute Gasteiger partial charge is 0.331 e. The smallest absolute Gasteiger partial charge is 0.217 e. The molecule has 1 aromatic carbocycles. The van der Waals surface area contributed by atoms with Gasteiger partial charge in [-0.3, -0.25) is 0 Å². The highest BCUT2D eigenvalue weighted by atomic mass is 19.1. The Morgan fingerprint density at radius 3 is 2.76 bits per heavy atom. The van der Waals surface area contributed by atoms with Crippen molar-refractivity contribution in [2.75, 3.05) is 0 Å². The van der Waals surface area contributed by atoms with Crippen molar-refractivity contribution in [2.24, 2.45) is 7.05 Å². The maximum atomic E-state index is 14.3. The molecule has 1 aliphatic rings. The van der Waals surface area contributed by atoms with Gasteiger partial charge >= 0.3 is 0 Å². The zero-order chi connectivity index (χ0) is 14.4. The number of halogens is 1. The van der Waals surface area contributed by atoms with Crippen LogP contribution in [0.1, 0.15) is 30.0 Å². The van der Waals surface area contributed by atoms with E-state index in [0.29, 0.717) is 23.9 Å². The second-order valence-corrected chi connectivity index (χ2v) is 5.23. The Bertz CT molecular complexity index is 776. The van der Waals surface area contributed by atoms with E-state index in [2.05, 4.69) is 15.1 Å². The molecule has 0 fully saturated rings. The van der Waals surface area contributed by atoms with E-state index in [9.17, 15) is 4.39 Å². The molecule has 2 atom stereocenters. The van der Waals surface area contributed by atoms with Crippen LogP contribution in [-0.2, 0) is 7.05 Å². The molecule has 0 saturated heterocycles. The van der Waals surface area contributed by atoms with Gasteiger partial charge in [-0.25, -0.2) is 19.0 Å². The van der Waals surface area contributed by atoms with Gasteiger partial charge < -0.3 is 4.57 Å². The first-order valence-electron chi connectivity index (χ1n) is 6.87. The Balaban J connectivity index is 1.80. The fraction of sp³-hybridized carbons (Fsp3) is 0.267. The van der Waals surface area contributed by atoms with E-state index in [4.69, 9.17) is 0 Å². The molecule has 0 N–H and O–H groups in total. The van der Waals surface area contributed by atoms with E-state index in [1.54, 1.807) is 10.9 Å². The van der Waals surface area contributed by atoms with Crippen LogP contribution in [0, 0.1) is 0 Å². The number of rotatable bonds is 2. The summed E-state index contributed by atoms with van der Waals surface area (Å²) >= 11 is 0. The Hall–Kier alpha value is -2.50. The number of nitrogens with zero attached hydrogens (tertiary/aromatic N) is 5. The van der Waals surface area contributed by atoms with Crippen molar-refractivity contribution < 1.29 is 4.39 Å². The molecule has 0 radical (unpaired) electrons. The molecule has 0 aliphatic carbocycles. The van der Waals surface area contributed by atoms with Gasteiger partial charge in [0.15, 0.2) is 17.8 Å². The maximum Gasteiger partial charge on any atom is 0.217 e. The summed E-state index contributed by atoms with van der Waals surface area (Å²) in [6.45, 7) is 0. The Labute approximate surface area is 121 Å². The molecule has 6 heteroatoms. The van der Waals surface area contributed by atoms with Gasteiger partial charge in [0.25, 0.3) is 0 Å². The molecule has 0 bridgehead atoms. The van der Waals surface area contributed by atoms with Gasteiger partial charge in [0.1, 0.15) is 0 Å². The third kappa shape index (κ3) is 1.86. The standard InChI is InChI=1S/C15H14FN5/c1-20-8-7-17-15(20)13-18-14-11(16)9-12(21(14)19-13)10-5-3-2-4-6-10/h2-8,11-12H,9H2,1H3/t11-,12-/m0/s1. The monoisotopic (exact) mass is 283 g/mol. The minimum Gasteiger partial charge on any atom is -0.331 e. The number of alkyl halides is 1. The van der Waals surface area contributed by atoms with Crippen molar-refractivity contribution in [1.29, 1.82) is 0 Å². The minimum atomic E-state index is -1.09. The summed E-state index contributed by atoms with van der Waals surface area (Å²) in [6, 6.07) is 9.75. The number of aryl methyl sites for hydroxylation is 1. The predicted octanol–water partition coefficient (Wildman–Crippen LogP) is 2.68. The molecule has 0 unspecified atom stereocenters. The van der Waals surface area contributed by atoms with Crippen LogP contribution in [0.15, 0.2) is 42.7 Å². The second-order valence-electron chi connectivity index (χ2n) is 5.23. The van der Waals surface area contributed by atoms with Crippen LogP contribution in [0.25, 0.3) is 11.6 Å². The average Bonchev–Trinajstić information content (AvgIpc) is 3.17. The summed E-state index contributed by atoms with van der Waals surface area (Å²) in [6.07, 6.45) is 2.81. The van der Waals surface area contributed by atoms with E-state index < -0.39 is 6.17 Å². The third-order valence-electron chi connectivity index (χ3n) is 3.87. The van der Waals surface area contributed by atoms with Gasteiger partial charge in [-0.2, -0.15) is 0 Å². The first-order valence-corrected chi connectivity index (χ1v) is 6.87. The molecule has 21 heavy (non-hydrogen) atoms. The summed E-state index contributed by atoms with van der Waals surface area (Å²) in [5.41, 5.74) is 1.05. The zero-order valence-corrected chi connectivity index (χ0v) is 11.5. The molecule has 3 heterocycles. The van der Waals surface area contributed by atoms with E-state index >= 15 is 0 Å². The van der Waals surface area contributed by atoms with Crippen LogP contribution in [0.3, 0.4) is 0 Å². The molecule has 4 rings (SSSR count). The summed E-state index contributed by atoms with van der Waals surface area (Å²) in [5, 5.41) is 4.48. The van der Waals surface area contributed by atoms with Crippen molar-refractivity contribution in [2.45, 2.75) is 18.6 Å². The van der Waals surface area contributed by atoms with Gasteiger partial charge in [0.05, 0.1) is 6.04 Å². The van der Waals surface area contributed by atoms with Crippen LogP contribution in [0.5, 0.6) is 0 Å². The first kappa shape index (κ1) is 12.3. The molecule has 5 nitrogen and oxygen atoms in total. The van der Waals surface area contributed by atoms with Crippen molar-refractivity contribution >= 4 is 0 Å². The summed E-state index contributed by atoms with van der Waals surface area (Å²) in [4.78, 5) is 8.57. The highest BCUT2D eigenvalue weighted by Crippen LogP contribution is 2.39. The number of benzene rings is 1. The summed E-state index contributed by atoms with van der Waals surface area (Å²) < 4.78 is 17.8. The van der Waals surface area contributed by atoms with Gasteiger partial charge in [-0.15, -0.1) is 5.10 Å². The fourth-order valence-electron chi connectivity index (χ4n) is 2.81. The number of hydrogen-bond donors (Lipinski definition) is 0. The van der Waals surface area contributed by atoms with Crippen molar-refractivity contribution in [1.82, 2.24) is 24.3 Å². The zero-order valence-electron chi connectivity index (χ0n) is 11.5. The van der Waals surface area contributed by atoms with E-state index in [1.807, 2.05) is 48.1 Å². The Morgan fingerprint density at radius 2 is 2.05 bits per heavy atom. The van der Waals surface area contributed by atoms with Crippen LogP contribution >= 0.6 is 0 Å². The maximum absolute atomic E-state index is 14.3. The average molecular weight is 283 g/mol. The molecule has 2 aromatic heterocycles.